The van der Waals surface area contributed by atoms with E-state index in [4.69, 9.17) is 0 Å². The second kappa shape index (κ2) is 8.01. The monoisotopic (exact) mass is 374 g/mol. The van der Waals surface area contributed by atoms with E-state index >= 15 is 0 Å². The van der Waals surface area contributed by atoms with E-state index in [9.17, 15) is 13.2 Å². The molecule has 2 aromatic rings. The number of nitrogens with zero attached hydrogens (tertiary/aromatic N) is 1. The number of rotatable bonds is 6. The average molecular weight is 375 g/mol. The van der Waals surface area contributed by atoms with Crippen molar-refractivity contribution in [1.82, 2.24) is 4.72 Å². The van der Waals surface area contributed by atoms with Crippen LogP contribution in [0.15, 0.2) is 41.3 Å². The van der Waals surface area contributed by atoms with Crippen molar-refractivity contribution in [2.45, 2.75) is 39.5 Å². The number of hydrogen-bond donors (Lipinski definition) is 1. The molecule has 0 aromatic heterocycles. The molecular formula is C20H26N2O3S. The molecule has 140 valence electrons. The second-order valence-corrected chi connectivity index (χ2v) is 8.36. The summed E-state index contributed by atoms with van der Waals surface area (Å²) in [6, 6.07) is 11.1. The van der Waals surface area contributed by atoms with Crippen molar-refractivity contribution in [2.75, 3.05) is 18.0 Å². The first-order valence-electron chi connectivity index (χ1n) is 8.54. The summed E-state index contributed by atoms with van der Waals surface area (Å²) >= 11 is 0. The van der Waals surface area contributed by atoms with Gasteiger partial charge in [-0.2, -0.15) is 0 Å². The van der Waals surface area contributed by atoms with Crippen LogP contribution in [-0.2, 0) is 14.8 Å². The molecule has 0 saturated carbocycles. The number of sulfonamides is 1. The summed E-state index contributed by atoms with van der Waals surface area (Å²) in [5.74, 6) is -0.121. The molecule has 0 aliphatic carbocycles. The van der Waals surface area contributed by atoms with E-state index in [1.165, 1.54) is 6.92 Å². The summed E-state index contributed by atoms with van der Waals surface area (Å²) in [6.45, 7) is 9.49. The molecule has 0 unspecified atom stereocenters. The third-order valence-corrected chi connectivity index (χ3v) is 5.90. The molecule has 0 spiro atoms. The molecule has 0 fully saturated rings. The lowest BCUT2D eigenvalue weighted by molar-refractivity contribution is -0.116. The smallest absolute Gasteiger partial charge is 0.240 e. The highest BCUT2D eigenvalue weighted by Crippen LogP contribution is 2.22. The quantitative estimate of drug-likeness (QED) is 0.844. The number of benzene rings is 2. The fraction of sp³-hybridized carbons (Fsp3) is 0.350. The molecule has 0 aliphatic rings. The predicted molar refractivity (Wildman–Crippen MR) is 105 cm³/mol. The fourth-order valence-electron chi connectivity index (χ4n) is 2.93. The van der Waals surface area contributed by atoms with Crippen molar-refractivity contribution in [3.05, 3.63) is 58.7 Å². The third-order valence-electron chi connectivity index (χ3n) is 4.28. The van der Waals surface area contributed by atoms with Gasteiger partial charge in [-0.15, -0.1) is 0 Å². The Morgan fingerprint density at radius 1 is 0.962 bits per heavy atom. The van der Waals surface area contributed by atoms with Gasteiger partial charge in [0.2, 0.25) is 15.9 Å². The topological polar surface area (TPSA) is 66.5 Å². The summed E-state index contributed by atoms with van der Waals surface area (Å²) in [5.41, 5.74) is 4.55. The molecule has 5 nitrogen and oxygen atoms in total. The number of nitrogens with one attached hydrogen (secondary N) is 1. The molecular weight excluding hydrogens is 348 g/mol. The first-order chi connectivity index (χ1) is 12.1. The Morgan fingerprint density at radius 3 is 2.19 bits per heavy atom. The summed E-state index contributed by atoms with van der Waals surface area (Å²) in [7, 11) is -3.62. The number of anilines is 1. The lowest BCUT2D eigenvalue weighted by Crippen LogP contribution is -2.38. The van der Waals surface area contributed by atoms with Crippen LogP contribution < -0.4 is 9.62 Å². The predicted octanol–water partition coefficient (Wildman–Crippen LogP) is 3.25. The molecule has 0 saturated heterocycles. The van der Waals surface area contributed by atoms with Crippen LogP contribution in [0.25, 0.3) is 0 Å². The van der Waals surface area contributed by atoms with Crippen molar-refractivity contribution in [3.63, 3.8) is 0 Å². The first-order valence-corrected chi connectivity index (χ1v) is 10.0. The summed E-state index contributed by atoms with van der Waals surface area (Å²) in [5, 5.41) is 0. The van der Waals surface area contributed by atoms with Crippen LogP contribution in [-0.4, -0.2) is 27.4 Å². The Morgan fingerprint density at radius 2 is 1.58 bits per heavy atom. The second-order valence-electron chi connectivity index (χ2n) is 6.63. The zero-order chi connectivity index (χ0) is 19.5. The molecule has 2 aromatic carbocycles. The Labute approximate surface area is 156 Å². The number of carbonyl (C=O) groups is 1. The van der Waals surface area contributed by atoms with Crippen LogP contribution in [0.3, 0.4) is 0 Å². The van der Waals surface area contributed by atoms with E-state index < -0.39 is 10.0 Å². The molecule has 2 rings (SSSR count). The van der Waals surface area contributed by atoms with Gasteiger partial charge in [-0.1, -0.05) is 29.8 Å². The van der Waals surface area contributed by atoms with Gasteiger partial charge < -0.3 is 4.90 Å². The number of carbonyl (C=O) groups excluding carboxylic acids is 1. The minimum absolute atomic E-state index is 0.121. The molecule has 6 heteroatoms. The van der Waals surface area contributed by atoms with Gasteiger partial charge in [0.15, 0.2) is 0 Å². The highest BCUT2D eigenvalue weighted by molar-refractivity contribution is 7.89. The lowest BCUT2D eigenvalue weighted by Gasteiger charge is -2.24. The van der Waals surface area contributed by atoms with Crippen LogP contribution in [0.1, 0.15) is 29.2 Å². The molecule has 1 N–H and O–H groups in total. The molecule has 0 heterocycles. The largest absolute Gasteiger partial charge is 0.311 e. The highest BCUT2D eigenvalue weighted by atomic mass is 32.2. The van der Waals surface area contributed by atoms with E-state index in [1.807, 2.05) is 45.0 Å². The zero-order valence-corrected chi connectivity index (χ0v) is 16.8. The molecule has 26 heavy (non-hydrogen) atoms. The number of hydrogen-bond acceptors (Lipinski definition) is 3. The molecule has 0 aliphatic heterocycles. The van der Waals surface area contributed by atoms with Gasteiger partial charge in [-0.05, 0) is 56.5 Å². The Balaban J connectivity index is 2.15. The van der Waals surface area contributed by atoms with E-state index in [0.717, 1.165) is 22.4 Å². The van der Waals surface area contributed by atoms with E-state index in [2.05, 4.69) is 4.72 Å². The van der Waals surface area contributed by atoms with Crippen LogP contribution in [0.2, 0.25) is 0 Å². The lowest BCUT2D eigenvalue weighted by atomic mass is 10.1. The maximum atomic E-state index is 12.6. The van der Waals surface area contributed by atoms with Crippen LogP contribution in [0, 0.1) is 27.7 Å². The Kier molecular flexibility index (Phi) is 6.21. The van der Waals surface area contributed by atoms with Crippen molar-refractivity contribution < 1.29 is 13.2 Å². The van der Waals surface area contributed by atoms with Crippen molar-refractivity contribution in [1.29, 1.82) is 0 Å². The fourth-order valence-corrected chi connectivity index (χ4v) is 4.17. The minimum atomic E-state index is -3.62. The van der Waals surface area contributed by atoms with Crippen LogP contribution >= 0.6 is 0 Å². The maximum Gasteiger partial charge on any atom is 0.240 e. The van der Waals surface area contributed by atoms with Crippen molar-refractivity contribution >= 4 is 21.6 Å². The maximum absolute atomic E-state index is 12.6. The van der Waals surface area contributed by atoms with E-state index in [0.29, 0.717) is 5.56 Å². The van der Waals surface area contributed by atoms with Crippen molar-refractivity contribution in [2.24, 2.45) is 0 Å². The standard InChI is InChI=1S/C20H26N2O3S/c1-14-7-9-20(17(4)12-14)26(24,25)21-10-11-22(18(5)23)19-13-15(2)6-8-16(19)3/h6-9,12-13,21H,10-11H2,1-5H3. The summed E-state index contributed by atoms with van der Waals surface area (Å²) in [4.78, 5) is 13.9. The van der Waals surface area contributed by atoms with E-state index in [-0.39, 0.29) is 23.9 Å². The molecule has 0 radical (unpaired) electrons. The SMILES string of the molecule is CC(=O)N(CCNS(=O)(=O)c1ccc(C)cc1C)c1cc(C)ccc1C. The van der Waals surface area contributed by atoms with Gasteiger partial charge >= 0.3 is 0 Å². The molecule has 0 atom stereocenters. The molecule has 1 amide bonds. The van der Waals surface area contributed by atoms with Gasteiger partial charge in [0.05, 0.1) is 4.90 Å². The van der Waals surface area contributed by atoms with Gasteiger partial charge in [0, 0.05) is 25.7 Å². The zero-order valence-electron chi connectivity index (χ0n) is 16.0. The first kappa shape index (κ1) is 20.1. The average Bonchev–Trinajstić information content (AvgIpc) is 2.53. The summed E-state index contributed by atoms with van der Waals surface area (Å²) in [6.07, 6.45) is 0. The normalized spacial score (nSPS) is 11.4. The Bertz CT molecular complexity index is 921. The van der Waals surface area contributed by atoms with E-state index in [1.54, 1.807) is 24.0 Å². The third kappa shape index (κ3) is 4.71. The van der Waals surface area contributed by atoms with Gasteiger partial charge in [0.25, 0.3) is 0 Å². The highest BCUT2D eigenvalue weighted by Gasteiger charge is 2.19. The van der Waals surface area contributed by atoms with Gasteiger partial charge in [-0.3, -0.25) is 4.79 Å². The molecule has 0 bridgehead atoms. The minimum Gasteiger partial charge on any atom is -0.311 e. The van der Waals surface area contributed by atoms with Gasteiger partial charge in [0.1, 0.15) is 0 Å². The number of aryl methyl sites for hydroxylation is 4. The van der Waals surface area contributed by atoms with Crippen LogP contribution in [0.4, 0.5) is 5.69 Å². The number of amides is 1. The van der Waals surface area contributed by atoms with Crippen molar-refractivity contribution in [3.8, 4) is 0 Å². The Hall–Kier alpha value is -2.18. The van der Waals surface area contributed by atoms with Crippen LogP contribution in [0.5, 0.6) is 0 Å². The van der Waals surface area contributed by atoms with Gasteiger partial charge in [-0.25, -0.2) is 13.1 Å². The summed E-state index contributed by atoms with van der Waals surface area (Å²) < 4.78 is 27.7.